The van der Waals surface area contributed by atoms with E-state index in [4.69, 9.17) is 11.6 Å². The van der Waals surface area contributed by atoms with Gasteiger partial charge in [0.15, 0.2) is 11.6 Å². The van der Waals surface area contributed by atoms with E-state index in [0.29, 0.717) is 17.2 Å². The molecule has 0 aliphatic heterocycles. The summed E-state index contributed by atoms with van der Waals surface area (Å²) in [6, 6.07) is 11.4. The Kier molecular flexibility index (Phi) is 5.99. The first-order chi connectivity index (χ1) is 14.9. The van der Waals surface area contributed by atoms with Gasteiger partial charge in [-0.2, -0.15) is 5.26 Å². The maximum Gasteiger partial charge on any atom is 0.170 e. The molecule has 0 saturated heterocycles. The molecule has 0 unspecified atom stereocenters. The van der Waals surface area contributed by atoms with Crippen molar-refractivity contribution in [2.45, 2.75) is 37.8 Å². The molecule has 1 fully saturated rings. The van der Waals surface area contributed by atoms with Crippen LogP contribution in [0.25, 0.3) is 22.0 Å². The zero-order valence-electron chi connectivity index (χ0n) is 17.5. The van der Waals surface area contributed by atoms with E-state index in [1.807, 2.05) is 18.2 Å². The monoisotopic (exact) mass is 438 g/mol. The average molecular weight is 439 g/mol. The van der Waals surface area contributed by atoms with E-state index >= 15 is 0 Å². The highest BCUT2D eigenvalue weighted by atomic mass is 35.5. The van der Waals surface area contributed by atoms with Gasteiger partial charge in [0, 0.05) is 23.7 Å². The van der Waals surface area contributed by atoms with Gasteiger partial charge >= 0.3 is 0 Å². The number of pyridine rings is 1. The number of rotatable bonds is 4. The van der Waals surface area contributed by atoms with E-state index in [0.717, 1.165) is 47.8 Å². The van der Waals surface area contributed by atoms with Crippen LogP contribution in [0, 0.1) is 17.1 Å². The third kappa shape index (κ3) is 4.30. The van der Waals surface area contributed by atoms with Crippen molar-refractivity contribution in [1.82, 2.24) is 9.88 Å². The highest BCUT2D eigenvalue weighted by Crippen LogP contribution is 2.36. The zero-order chi connectivity index (χ0) is 22.1. The fourth-order valence-electron chi connectivity index (χ4n) is 4.29. The van der Waals surface area contributed by atoms with E-state index in [2.05, 4.69) is 35.4 Å². The smallest absolute Gasteiger partial charge is 0.170 e. The lowest BCUT2D eigenvalue weighted by molar-refractivity contribution is 0.221. The predicted molar refractivity (Wildman–Crippen MR) is 122 cm³/mol. The summed E-state index contributed by atoms with van der Waals surface area (Å²) in [6.45, 7) is 0. The van der Waals surface area contributed by atoms with Crippen molar-refractivity contribution >= 4 is 28.2 Å². The van der Waals surface area contributed by atoms with E-state index in [9.17, 15) is 14.8 Å². The van der Waals surface area contributed by atoms with Gasteiger partial charge in [-0.1, -0.05) is 17.7 Å². The number of phenols is 1. The Morgan fingerprint density at radius 2 is 1.90 bits per heavy atom. The normalized spacial score (nSPS) is 18.8. The van der Waals surface area contributed by atoms with Crippen molar-refractivity contribution in [3.63, 3.8) is 0 Å². The molecule has 7 heteroatoms. The molecule has 4 rings (SSSR count). The number of aromatic hydroxyl groups is 1. The van der Waals surface area contributed by atoms with Gasteiger partial charge in [0.25, 0.3) is 0 Å². The number of nitriles is 1. The zero-order valence-corrected chi connectivity index (χ0v) is 18.2. The standard InChI is InChI=1S/C24H24ClFN4O/c1-30(2)18-6-4-17(5-7-18)29-23-16(12-27)13-28-22-8-3-14(9-19(22)23)15-10-20(25)24(31)21(26)11-15/h3,8-11,13,17-18,31H,4-7H2,1-2H3,(H,28,29)/t17-,18-. The van der Waals surface area contributed by atoms with Crippen LogP contribution in [0.4, 0.5) is 10.1 Å². The fraction of sp³-hybridized carbons (Fsp3) is 0.333. The van der Waals surface area contributed by atoms with Crippen molar-refractivity contribution in [2.75, 3.05) is 19.4 Å². The lowest BCUT2D eigenvalue weighted by Gasteiger charge is -2.33. The Morgan fingerprint density at radius 3 is 2.55 bits per heavy atom. The second kappa shape index (κ2) is 8.70. The van der Waals surface area contributed by atoms with Gasteiger partial charge in [-0.25, -0.2) is 4.39 Å². The molecule has 3 aromatic rings. The number of hydrogen-bond acceptors (Lipinski definition) is 5. The van der Waals surface area contributed by atoms with Gasteiger partial charge < -0.3 is 15.3 Å². The molecule has 0 spiro atoms. The van der Waals surface area contributed by atoms with Crippen molar-refractivity contribution in [3.05, 3.63) is 52.9 Å². The number of nitrogens with zero attached hydrogens (tertiary/aromatic N) is 3. The lowest BCUT2D eigenvalue weighted by Crippen LogP contribution is -2.36. The highest BCUT2D eigenvalue weighted by molar-refractivity contribution is 6.32. The average Bonchev–Trinajstić information content (AvgIpc) is 2.77. The molecule has 5 nitrogen and oxygen atoms in total. The SMILES string of the molecule is CN(C)[C@H]1CC[C@H](Nc2c(C#N)cnc3ccc(-c4cc(F)c(O)c(Cl)c4)cc23)CC1. The number of hydrogen-bond donors (Lipinski definition) is 2. The number of nitrogens with one attached hydrogen (secondary N) is 1. The largest absolute Gasteiger partial charge is 0.504 e. The molecule has 1 aliphatic carbocycles. The molecule has 1 aromatic heterocycles. The Labute approximate surface area is 186 Å². The number of aromatic nitrogens is 1. The number of halogens is 2. The molecule has 2 N–H and O–H groups in total. The summed E-state index contributed by atoms with van der Waals surface area (Å²) in [5.74, 6) is -1.34. The minimum Gasteiger partial charge on any atom is -0.504 e. The van der Waals surface area contributed by atoms with E-state index < -0.39 is 11.6 Å². The van der Waals surface area contributed by atoms with Crippen LogP contribution in [-0.4, -0.2) is 41.2 Å². The van der Waals surface area contributed by atoms with E-state index in [1.54, 1.807) is 6.20 Å². The molecule has 0 atom stereocenters. The van der Waals surface area contributed by atoms with Gasteiger partial charge in [0.2, 0.25) is 0 Å². The molecule has 2 aromatic carbocycles. The molecule has 1 aliphatic rings. The van der Waals surface area contributed by atoms with Gasteiger partial charge in [0.1, 0.15) is 6.07 Å². The third-order valence-corrected chi connectivity index (χ3v) is 6.40. The number of benzene rings is 2. The molecule has 0 bridgehead atoms. The van der Waals surface area contributed by atoms with Crippen molar-refractivity contribution in [3.8, 4) is 22.9 Å². The summed E-state index contributed by atoms with van der Waals surface area (Å²) in [5.41, 5.74) is 3.26. The van der Waals surface area contributed by atoms with Crippen LogP contribution in [0.1, 0.15) is 31.2 Å². The Balaban J connectivity index is 1.72. The van der Waals surface area contributed by atoms with Gasteiger partial charge in [-0.15, -0.1) is 0 Å². The third-order valence-electron chi connectivity index (χ3n) is 6.11. The fourth-order valence-corrected chi connectivity index (χ4v) is 4.49. The van der Waals surface area contributed by atoms with E-state index in [1.165, 1.54) is 12.1 Å². The van der Waals surface area contributed by atoms with Crippen LogP contribution in [0.3, 0.4) is 0 Å². The molecule has 160 valence electrons. The van der Waals surface area contributed by atoms with Crippen LogP contribution in [0.2, 0.25) is 5.02 Å². The van der Waals surface area contributed by atoms with Gasteiger partial charge in [0.05, 0.1) is 21.8 Å². The Bertz CT molecular complexity index is 1140. The number of fused-ring (bicyclic) bond motifs is 1. The lowest BCUT2D eigenvalue weighted by atomic mass is 9.90. The quantitative estimate of drug-likeness (QED) is 0.558. The van der Waals surface area contributed by atoms with Crippen LogP contribution in [-0.2, 0) is 0 Å². The van der Waals surface area contributed by atoms with Crippen LogP contribution < -0.4 is 5.32 Å². The molecule has 1 saturated carbocycles. The molecular weight excluding hydrogens is 415 g/mol. The summed E-state index contributed by atoms with van der Waals surface area (Å²) in [4.78, 5) is 6.69. The van der Waals surface area contributed by atoms with Crippen molar-refractivity contribution < 1.29 is 9.50 Å². The first-order valence-electron chi connectivity index (χ1n) is 10.3. The molecular formula is C24H24ClFN4O. The first kappa shape index (κ1) is 21.4. The Morgan fingerprint density at radius 1 is 1.16 bits per heavy atom. The Hall–Kier alpha value is -2.88. The highest BCUT2D eigenvalue weighted by Gasteiger charge is 2.24. The summed E-state index contributed by atoms with van der Waals surface area (Å²) >= 11 is 5.97. The summed E-state index contributed by atoms with van der Waals surface area (Å²) < 4.78 is 14.0. The molecule has 31 heavy (non-hydrogen) atoms. The molecule has 0 radical (unpaired) electrons. The topological polar surface area (TPSA) is 72.2 Å². The van der Waals surface area contributed by atoms with Crippen molar-refractivity contribution in [1.29, 1.82) is 5.26 Å². The molecule has 0 amide bonds. The minimum atomic E-state index is -0.775. The van der Waals surface area contributed by atoms with Crippen LogP contribution in [0.15, 0.2) is 36.5 Å². The maximum absolute atomic E-state index is 14.0. The summed E-state index contributed by atoms with van der Waals surface area (Å²) in [5, 5.41) is 23.7. The summed E-state index contributed by atoms with van der Waals surface area (Å²) in [6.07, 6.45) is 5.84. The molecule has 1 heterocycles. The van der Waals surface area contributed by atoms with E-state index in [-0.39, 0.29) is 11.1 Å². The summed E-state index contributed by atoms with van der Waals surface area (Å²) in [7, 11) is 4.23. The maximum atomic E-state index is 14.0. The predicted octanol–water partition coefficient (Wildman–Crippen LogP) is 5.56. The van der Waals surface area contributed by atoms with Gasteiger partial charge in [-0.3, -0.25) is 4.98 Å². The van der Waals surface area contributed by atoms with Gasteiger partial charge in [-0.05, 0) is 75.2 Å². The second-order valence-corrected chi connectivity index (χ2v) is 8.70. The van der Waals surface area contributed by atoms with Crippen LogP contribution in [0.5, 0.6) is 5.75 Å². The minimum absolute atomic E-state index is 0.0463. The number of anilines is 1. The van der Waals surface area contributed by atoms with Crippen LogP contribution >= 0.6 is 11.6 Å². The van der Waals surface area contributed by atoms with Crippen molar-refractivity contribution in [2.24, 2.45) is 0 Å². The number of phenolic OH excluding ortho intramolecular Hbond substituents is 1. The second-order valence-electron chi connectivity index (χ2n) is 8.29. The first-order valence-corrected chi connectivity index (χ1v) is 10.7.